The van der Waals surface area contributed by atoms with E-state index in [4.69, 9.17) is 10.5 Å². The zero-order valence-corrected chi connectivity index (χ0v) is 9.49. The van der Waals surface area contributed by atoms with E-state index in [-0.39, 0.29) is 11.4 Å². The van der Waals surface area contributed by atoms with Gasteiger partial charge in [0.1, 0.15) is 5.69 Å². The minimum absolute atomic E-state index is 0.0260. The second-order valence-corrected chi connectivity index (χ2v) is 4.38. The maximum Gasteiger partial charge on any atom is 0.354 e. The zero-order valence-electron chi connectivity index (χ0n) is 9.49. The van der Waals surface area contributed by atoms with E-state index in [2.05, 4.69) is 13.8 Å². The van der Waals surface area contributed by atoms with Crippen molar-refractivity contribution in [1.82, 2.24) is 4.57 Å². The van der Waals surface area contributed by atoms with Crippen molar-refractivity contribution in [2.24, 2.45) is 11.1 Å². The molecule has 0 atom stereocenters. The summed E-state index contributed by atoms with van der Waals surface area (Å²) < 4.78 is 6.57. The fourth-order valence-electron chi connectivity index (χ4n) is 1.37. The van der Waals surface area contributed by atoms with Crippen LogP contribution in [-0.2, 0) is 11.3 Å². The minimum Gasteiger partial charge on any atom is -0.464 e. The van der Waals surface area contributed by atoms with Crippen molar-refractivity contribution < 1.29 is 9.53 Å². The lowest BCUT2D eigenvalue weighted by Crippen LogP contribution is -2.29. The molecule has 0 radical (unpaired) electrons. The molecule has 1 rings (SSSR count). The summed E-state index contributed by atoms with van der Waals surface area (Å²) in [5.41, 5.74) is 6.19. The van der Waals surface area contributed by atoms with Crippen LogP contribution in [0.5, 0.6) is 0 Å². The Morgan fingerprint density at radius 1 is 1.60 bits per heavy atom. The molecule has 0 aromatic carbocycles. The molecule has 0 fully saturated rings. The number of hydrogen-bond donors (Lipinski definition) is 1. The molecule has 0 spiro atoms. The highest BCUT2D eigenvalue weighted by atomic mass is 16.5. The van der Waals surface area contributed by atoms with Gasteiger partial charge in [-0.15, -0.1) is 0 Å². The Morgan fingerprint density at radius 3 is 2.80 bits per heavy atom. The van der Waals surface area contributed by atoms with Gasteiger partial charge in [0.25, 0.3) is 0 Å². The largest absolute Gasteiger partial charge is 0.464 e. The van der Waals surface area contributed by atoms with Gasteiger partial charge in [0.2, 0.25) is 0 Å². The number of methoxy groups -OCH3 is 1. The molecule has 1 heterocycles. The van der Waals surface area contributed by atoms with E-state index < -0.39 is 0 Å². The van der Waals surface area contributed by atoms with Crippen LogP contribution in [0.25, 0.3) is 0 Å². The molecule has 0 saturated heterocycles. The third kappa shape index (κ3) is 2.83. The molecular weight excluding hydrogens is 192 g/mol. The van der Waals surface area contributed by atoms with Crippen LogP contribution in [0.4, 0.5) is 0 Å². The van der Waals surface area contributed by atoms with Crippen LogP contribution >= 0.6 is 0 Å². The average Bonchev–Trinajstić information content (AvgIpc) is 2.64. The van der Waals surface area contributed by atoms with E-state index in [0.29, 0.717) is 18.8 Å². The molecule has 0 aliphatic rings. The fourth-order valence-corrected chi connectivity index (χ4v) is 1.37. The highest BCUT2D eigenvalue weighted by Gasteiger charge is 2.19. The summed E-state index contributed by atoms with van der Waals surface area (Å²) in [5, 5.41) is 0. The molecule has 0 saturated carbocycles. The van der Waals surface area contributed by atoms with Crippen LogP contribution in [0.3, 0.4) is 0 Å². The Kier molecular flexibility index (Phi) is 3.52. The van der Waals surface area contributed by atoms with E-state index >= 15 is 0 Å². The summed E-state index contributed by atoms with van der Waals surface area (Å²) in [6.45, 7) is 5.41. The van der Waals surface area contributed by atoms with E-state index in [1.165, 1.54) is 7.11 Å². The third-order valence-electron chi connectivity index (χ3n) is 2.38. The molecule has 0 bridgehead atoms. The van der Waals surface area contributed by atoms with E-state index in [1.54, 1.807) is 6.07 Å². The number of aromatic nitrogens is 1. The number of esters is 1. The number of rotatable bonds is 4. The monoisotopic (exact) mass is 210 g/mol. The number of ether oxygens (including phenoxy) is 1. The van der Waals surface area contributed by atoms with Gasteiger partial charge in [-0.3, -0.25) is 0 Å². The van der Waals surface area contributed by atoms with E-state index in [1.807, 2.05) is 16.8 Å². The minimum atomic E-state index is -0.312. The molecule has 0 amide bonds. The second kappa shape index (κ2) is 4.49. The SMILES string of the molecule is COC(=O)c1cccn1CC(C)(C)CN. The van der Waals surface area contributed by atoms with Gasteiger partial charge in [-0.2, -0.15) is 0 Å². The maximum atomic E-state index is 11.4. The number of carbonyl (C=O) groups is 1. The van der Waals surface area contributed by atoms with Crippen molar-refractivity contribution in [2.45, 2.75) is 20.4 Å². The van der Waals surface area contributed by atoms with E-state index in [0.717, 1.165) is 0 Å². The molecule has 2 N–H and O–H groups in total. The van der Waals surface area contributed by atoms with Gasteiger partial charge in [-0.05, 0) is 24.1 Å². The first-order chi connectivity index (χ1) is 7.00. The first kappa shape index (κ1) is 11.8. The zero-order chi connectivity index (χ0) is 11.5. The molecule has 15 heavy (non-hydrogen) atoms. The topological polar surface area (TPSA) is 57.2 Å². The van der Waals surface area contributed by atoms with Crippen LogP contribution in [0.1, 0.15) is 24.3 Å². The Hall–Kier alpha value is -1.29. The van der Waals surface area contributed by atoms with Crippen molar-refractivity contribution in [1.29, 1.82) is 0 Å². The number of nitrogens with two attached hydrogens (primary N) is 1. The first-order valence-electron chi connectivity index (χ1n) is 4.94. The number of carbonyl (C=O) groups excluding carboxylic acids is 1. The lowest BCUT2D eigenvalue weighted by atomic mass is 9.94. The first-order valence-corrected chi connectivity index (χ1v) is 4.94. The molecule has 0 aliphatic heterocycles. The van der Waals surface area contributed by atoms with Gasteiger partial charge in [-0.25, -0.2) is 4.79 Å². The lowest BCUT2D eigenvalue weighted by Gasteiger charge is -2.23. The van der Waals surface area contributed by atoms with Crippen LogP contribution in [0.2, 0.25) is 0 Å². The summed E-state index contributed by atoms with van der Waals surface area (Å²) in [4.78, 5) is 11.4. The highest BCUT2D eigenvalue weighted by Crippen LogP contribution is 2.18. The van der Waals surface area contributed by atoms with Crippen molar-refractivity contribution in [2.75, 3.05) is 13.7 Å². The van der Waals surface area contributed by atoms with Crippen molar-refractivity contribution >= 4 is 5.97 Å². The van der Waals surface area contributed by atoms with Crippen molar-refractivity contribution in [3.8, 4) is 0 Å². The van der Waals surface area contributed by atoms with Gasteiger partial charge in [-0.1, -0.05) is 13.8 Å². The third-order valence-corrected chi connectivity index (χ3v) is 2.38. The molecule has 84 valence electrons. The van der Waals surface area contributed by atoms with Crippen LogP contribution < -0.4 is 5.73 Å². The molecular formula is C11H18N2O2. The fraction of sp³-hybridized carbons (Fsp3) is 0.545. The molecule has 1 aromatic heterocycles. The molecule has 1 aromatic rings. The standard InChI is InChI=1S/C11H18N2O2/c1-11(2,7-12)8-13-6-4-5-9(13)10(14)15-3/h4-6H,7-8,12H2,1-3H3. The van der Waals surface area contributed by atoms with Crippen LogP contribution in [-0.4, -0.2) is 24.2 Å². The Balaban J connectivity index is 2.87. The molecule has 0 unspecified atom stereocenters. The lowest BCUT2D eigenvalue weighted by molar-refractivity contribution is 0.0586. The smallest absolute Gasteiger partial charge is 0.354 e. The number of nitrogens with zero attached hydrogens (tertiary/aromatic N) is 1. The van der Waals surface area contributed by atoms with Gasteiger partial charge < -0.3 is 15.0 Å². The average molecular weight is 210 g/mol. The highest BCUT2D eigenvalue weighted by molar-refractivity contribution is 5.87. The van der Waals surface area contributed by atoms with E-state index in [9.17, 15) is 4.79 Å². The maximum absolute atomic E-state index is 11.4. The predicted molar refractivity (Wildman–Crippen MR) is 58.6 cm³/mol. The summed E-state index contributed by atoms with van der Waals surface area (Å²) in [6, 6.07) is 3.58. The van der Waals surface area contributed by atoms with Crippen LogP contribution in [0, 0.1) is 5.41 Å². The Labute approximate surface area is 90.0 Å². The van der Waals surface area contributed by atoms with Gasteiger partial charge in [0.15, 0.2) is 0 Å². The predicted octanol–water partition coefficient (Wildman–Crippen LogP) is 1.26. The van der Waals surface area contributed by atoms with Gasteiger partial charge >= 0.3 is 5.97 Å². The van der Waals surface area contributed by atoms with Crippen molar-refractivity contribution in [3.63, 3.8) is 0 Å². The Bertz CT molecular complexity index is 342. The number of hydrogen-bond acceptors (Lipinski definition) is 3. The van der Waals surface area contributed by atoms with Gasteiger partial charge in [0.05, 0.1) is 7.11 Å². The Morgan fingerprint density at radius 2 is 2.27 bits per heavy atom. The summed E-state index contributed by atoms with van der Waals surface area (Å²) >= 11 is 0. The van der Waals surface area contributed by atoms with Gasteiger partial charge in [0, 0.05) is 12.7 Å². The molecule has 4 nitrogen and oxygen atoms in total. The van der Waals surface area contributed by atoms with Crippen LogP contribution in [0.15, 0.2) is 18.3 Å². The molecule has 4 heteroatoms. The quantitative estimate of drug-likeness (QED) is 0.761. The summed E-state index contributed by atoms with van der Waals surface area (Å²) in [5.74, 6) is -0.312. The summed E-state index contributed by atoms with van der Waals surface area (Å²) in [7, 11) is 1.38. The summed E-state index contributed by atoms with van der Waals surface area (Å²) in [6.07, 6.45) is 1.86. The van der Waals surface area contributed by atoms with Crippen molar-refractivity contribution in [3.05, 3.63) is 24.0 Å². The normalized spacial score (nSPS) is 11.5. The molecule has 0 aliphatic carbocycles. The second-order valence-electron chi connectivity index (χ2n) is 4.38.